The second-order valence-electron chi connectivity index (χ2n) is 4.97. The molecule has 6 nitrogen and oxygen atoms in total. The summed E-state index contributed by atoms with van der Waals surface area (Å²) < 4.78 is 10.4. The molecular weight excluding hydrogens is 250 g/mol. The maximum atomic E-state index is 12.0. The minimum absolute atomic E-state index is 0.207. The lowest BCUT2D eigenvalue weighted by molar-refractivity contribution is -0.175. The van der Waals surface area contributed by atoms with Gasteiger partial charge in [0, 0.05) is 6.54 Å². The molecule has 1 aromatic heterocycles. The SMILES string of the molecule is CC(C)CN1C(=O)COC(C(=O)O)C1c1ccco1. The fraction of sp³-hybridized carbons (Fsp3) is 0.538. The van der Waals surface area contributed by atoms with Crippen LogP contribution in [0.1, 0.15) is 25.6 Å². The molecule has 104 valence electrons. The van der Waals surface area contributed by atoms with Gasteiger partial charge in [-0.25, -0.2) is 4.79 Å². The van der Waals surface area contributed by atoms with Crippen molar-refractivity contribution in [2.75, 3.05) is 13.2 Å². The van der Waals surface area contributed by atoms with Crippen molar-refractivity contribution >= 4 is 11.9 Å². The van der Waals surface area contributed by atoms with Crippen molar-refractivity contribution < 1.29 is 23.8 Å². The zero-order chi connectivity index (χ0) is 14.0. The molecule has 1 amide bonds. The molecule has 2 unspecified atom stereocenters. The van der Waals surface area contributed by atoms with Crippen molar-refractivity contribution in [1.29, 1.82) is 0 Å². The third kappa shape index (κ3) is 2.78. The fourth-order valence-corrected chi connectivity index (χ4v) is 2.23. The molecule has 0 aliphatic carbocycles. The minimum Gasteiger partial charge on any atom is -0.479 e. The first-order valence-corrected chi connectivity index (χ1v) is 6.18. The summed E-state index contributed by atoms with van der Waals surface area (Å²) in [6.45, 7) is 4.20. The molecule has 2 atom stereocenters. The molecule has 1 aromatic rings. The number of nitrogens with zero attached hydrogens (tertiary/aromatic N) is 1. The first-order valence-electron chi connectivity index (χ1n) is 6.18. The summed E-state index contributed by atoms with van der Waals surface area (Å²) in [5.41, 5.74) is 0. The van der Waals surface area contributed by atoms with Gasteiger partial charge in [-0.15, -0.1) is 0 Å². The number of hydrogen-bond donors (Lipinski definition) is 1. The predicted octanol–water partition coefficient (Wildman–Crippen LogP) is 1.29. The molecule has 1 fully saturated rings. The van der Waals surface area contributed by atoms with E-state index in [1.165, 1.54) is 11.2 Å². The van der Waals surface area contributed by atoms with Gasteiger partial charge in [-0.1, -0.05) is 13.8 Å². The van der Waals surface area contributed by atoms with E-state index in [0.717, 1.165) is 0 Å². The van der Waals surface area contributed by atoms with E-state index in [0.29, 0.717) is 12.3 Å². The van der Waals surface area contributed by atoms with E-state index in [4.69, 9.17) is 9.15 Å². The van der Waals surface area contributed by atoms with Crippen molar-refractivity contribution in [3.05, 3.63) is 24.2 Å². The van der Waals surface area contributed by atoms with Crippen molar-refractivity contribution in [2.24, 2.45) is 5.92 Å². The van der Waals surface area contributed by atoms with Crippen LogP contribution in [-0.4, -0.2) is 41.1 Å². The highest BCUT2D eigenvalue weighted by atomic mass is 16.5. The Balaban J connectivity index is 2.35. The number of morpholine rings is 1. The average molecular weight is 267 g/mol. The van der Waals surface area contributed by atoms with Crippen LogP contribution in [0.15, 0.2) is 22.8 Å². The van der Waals surface area contributed by atoms with E-state index < -0.39 is 18.1 Å². The maximum Gasteiger partial charge on any atom is 0.335 e. The Hall–Kier alpha value is -1.82. The number of hydrogen-bond acceptors (Lipinski definition) is 4. The highest BCUT2D eigenvalue weighted by Gasteiger charge is 2.43. The van der Waals surface area contributed by atoms with Gasteiger partial charge in [0.05, 0.1) is 6.26 Å². The monoisotopic (exact) mass is 267 g/mol. The quantitative estimate of drug-likeness (QED) is 0.889. The molecule has 0 bridgehead atoms. The summed E-state index contributed by atoms with van der Waals surface area (Å²) in [7, 11) is 0. The van der Waals surface area contributed by atoms with Crippen LogP contribution < -0.4 is 0 Å². The van der Waals surface area contributed by atoms with Gasteiger partial charge >= 0.3 is 5.97 Å². The summed E-state index contributed by atoms with van der Waals surface area (Å²) in [5.74, 6) is -0.648. The van der Waals surface area contributed by atoms with Gasteiger partial charge in [0.15, 0.2) is 6.10 Å². The second kappa shape index (κ2) is 5.44. The number of carbonyl (C=O) groups excluding carboxylic acids is 1. The van der Waals surface area contributed by atoms with Crippen LogP contribution in [0.25, 0.3) is 0 Å². The number of ether oxygens (including phenoxy) is 1. The van der Waals surface area contributed by atoms with Gasteiger partial charge in [0.25, 0.3) is 0 Å². The topological polar surface area (TPSA) is 80.0 Å². The Morgan fingerprint density at radius 3 is 2.84 bits per heavy atom. The maximum absolute atomic E-state index is 12.0. The fourth-order valence-electron chi connectivity index (χ4n) is 2.23. The molecule has 0 saturated carbocycles. The van der Waals surface area contributed by atoms with E-state index in [-0.39, 0.29) is 18.4 Å². The molecule has 2 rings (SSSR count). The van der Waals surface area contributed by atoms with Crippen LogP contribution in [0.2, 0.25) is 0 Å². The Morgan fingerprint density at radius 2 is 2.32 bits per heavy atom. The summed E-state index contributed by atoms with van der Waals surface area (Å²) in [4.78, 5) is 24.8. The molecule has 1 N–H and O–H groups in total. The van der Waals surface area contributed by atoms with Crippen LogP contribution in [-0.2, 0) is 14.3 Å². The van der Waals surface area contributed by atoms with Crippen LogP contribution in [0, 0.1) is 5.92 Å². The molecule has 6 heteroatoms. The molecule has 1 saturated heterocycles. The van der Waals surface area contributed by atoms with Crippen molar-refractivity contribution in [1.82, 2.24) is 4.90 Å². The second-order valence-corrected chi connectivity index (χ2v) is 4.97. The van der Waals surface area contributed by atoms with Crippen molar-refractivity contribution in [3.63, 3.8) is 0 Å². The highest BCUT2D eigenvalue weighted by Crippen LogP contribution is 2.31. The van der Waals surface area contributed by atoms with E-state index in [9.17, 15) is 14.7 Å². The number of carboxylic acids is 1. The molecule has 0 aromatic carbocycles. The Bertz CT molecular complexity index is 454. The lowest BCUT2D eigenvalue weighted by atomic mass is 10.0. The molecule has 1 aliphatic heterocycles. The Morgan fingerprint density at radius 1 is 1.58 bits per heavy atom. The van der Waals surface area contributed by atoms with Crippen LogP contribution in [0.5, 0.6) is 0 Å². The molecule has 0 spiro atoms. The minimum atomic E-state index is -1.09. The third-order valence-corrected chi connectivity index (χ3v) is 2.97. The summed E-state index contributed by atoms with van der Waals surface area (Å²) in [5, 5.41) is 9.24. The first kappa shape index (κ1) is 13.6. The van der Waals surface area contributed by atoms with Crippen molar-refractivity contribution in [2.45, 2.75) is 26.0 Å². The number of carboxylic acid groups (broad SMARTS) is 1. The van der Waals surface area contributed by atoms with Gasteiger partial charge in [-0.05, 0) is 18.1 Å². The molecule has 19 heavy (non-hydrogen) atoms. The van der Waals surface area contributed by atoms with Crippen LogP contribution in [0.4, 0.5) is 0 Å². The average Bonchev–Trinajstić information content (AvgIpc) is 2.84. The summed E-state index contributed by atoms with van der Waals surface area (Å²) in [6.07, 6.45) is 0.364. The van der Waals surface area contributed by atoms with E-state index in [1.54, 1.807) is 12.1 Å². The molecule has 0 radical (unpaired) electrons. The van der Waals surface area contributed by atoms with Gasteiger partial charge in [0.2, 0.25) is 5.91 Å². The van der Waals surface area contributed by atoms with E-state index in [1.807, 2.05) is 13.8 Å². The number of carbonyl (C=O) groups is 2. The van der Waals surface area contributed by atoms with E-state index in [2.05, 4.69) is 0 Å². The van der Waals surface area contributed by atoms with Gasteiger partial charge in [-0.3, -0.25) is 4.79 Å². The van der Waals surface area contributed by atoms with Crippen molar-refractivity contribution in [3.8, 4) is 0 Å². The number of rotatable bonds is 4. The summed E-state index contributed by atoms with van der Waals surface area (Å²) >= 11 is 0. The Labute approximate surface area is 110 Å². The number of furan rings is 1. The highest BCUT2D eigenvalue weighted by molar-refractivity contribution is 5.82. The first-order chi connectivity index (χ1) is 9.00. The van der Waals surface area contributed by atoms with Crippen LogP contribution >= 0.6 is 0 Å². The normalized spacial score (nSPS) is 23.9. The summed E-state index contributed by atoms with van der Waals surface area (Å²) in [6, 6.07) is 2.62. The van der Waals surface area contributed by atoms with Gasteiger partial charge in [0.1, 0.15) is 18.4 Å². The molecule has 1 aliphatic rings. The standard InChI is InChI=1S/C13H17NO5/c1-8(2)6-14-10(15)7-19-12(13(16)17)11(14)9-4-3-5-18-9/h3-5,8,11-12H,6-7H2,1-2H3,(H,16,17). The zero-order valence-electron chi connectivity index (χ0n) is 10.9. The lowest BCUT2D eigenvalue weighted by Gasteiger charge is -2.38. The largest absolute Gasteiger partial charge is 0.479 e. The van der Waals surface area contributed by atoms with Gasteiger partial charge < -0.3 is 19.2 Å². The predicted molar refractivity (Wildman–Crippen MR) is 65.4 cm³/mol. The molecule has 2 heterocycles. The smallest absolute Gasteiger partial charge is 0.335 e. The Kier molecular flexibility index (Phi) is 3.90. The number of aliphatic carboxylic acids is 1. The molecular formula is C13H17NO5. The lowest BCUT2D eigenvalue weighted by Crippen LogP contribution is -2.52. The zero-order valence-corrected chi connectivity index (χ0v) is 10.9. The third-order valence-electron chi connectivity index (χ3n) is 2.97. The number of amides is 1. The van der Waals surface area contributed by atoms with Crippen LogP contribution in [0.3, 0.4) is 0 Å². The van der Waals surface area contributed by atoms with E-state index >= 15 is 0 Å². The van der Waals surface area contributed by atoms with Gasteiger partial charge in [-0.2, -0.15) is 0 Å².